The minimum Gasteiger partial charge on any atom is -0.374 e. The smallest absolute Gasteiger partial charge is 0.321 e. The summed E-state index contributed by atoms with van der Waals surface area (Å²) in [6, 6.07) is 5.86. The third-order valence-corrected chi connectivity index (χ3v) is 3.06. The fourth-order valence-electron chi connectivity index (χ4n) is 1.57. The molecular formula is C16H24N4O3. The van der Waals surface area contributed by atoms with Gasteiger partial charge in [0.05, 0.1) is 0 Å². The second-order valence-corrected chi connectivity index (χ2v) is 6.22. The van der Waals surface area contributed by atoms with Crippen LogP contribution in [0.1, 0.15) is 27.7 Å². The van der Waals surface area contributed by atoms with Gasteiger partial charge in [-0.3, -0.25) is 14.9 Å². The van der Waals surface area contributed by atoms with E-state index in [4.69, 9.17) is 0 Å². The molecule has 1 aromatic carbocycles. The van der Waals surface area contributed by atoms with Crippen LogP contribution in [-0.4, -0.2) is 30.9 Å². The van der Waals surface area contributed by atoms with Gasteiger partial charge >= 0.3 is 6.03 Å². The molecule has 0 unspecified atom stereocenters. The number of urea groups is 1. The molecule has 0 heterocycles. The first-order valence-electron chi connectivity index (χ1n) is 7.34. The van der Waals surface area contributed by atoms with Gasteiger partial charge in [0.15, 0.2) is 0 Å². The number of anilines is 2. The lowest BCUT2D eigenvalue weighted by atomic mass is 9.95. The number of nitrogens with one attached hydrogen (secondary N) is 4. The predicted octanol–water partition coefficient (Wildman–Crippen LogP) is 1.93. The van der Waals surface area contributed by atoms with Crippen LogP contribution in [0.25, 0.3) is 0 Å². The van der Waals surface area contributed by atoms with Crippen LogP contribution in [0.15, 0.2) is 24.3 Å². The maximum atomic E-state index is 11.9. The van der Waals surface area contributed by atoms with Crippen LogP contribution in [0.2, 0.25) is 0 Å². The van der Waals surface area contributed by atoms with Gasteiger partial charge in [-0.15, -0.1) is 0 Å². The highest BCUT2D eigenvalue weighted by Crippen LogP contribution is 2.19. The fraction of sp³-hybridized carbons (Fsp3) is 0.438. The van der Waals surface area contributed by atoms with Gasteiger partial charge in [-0.2, -0.15) is 0 Å². The van der Waals surface area contributed by atoms with Crippen LogP contribution < -0.4 is 21.3 Å². The summed E-state index contributed by atoms with van der Waals surface area (Å²) in [6.45, 7) is 7.16. The average Bonchev–Trinajstić information content (AvgIpc) is 2.47. The number of imide groups is 1. The van der Waals surface area contributed by atoms with Crippen LogP contribution in [0.3, 0.4) is 0 Å². The first kappa shape index (κ1) is 18.5. The molecule has 126 valence electrons. The average molecular weight is 320 g/mol. The highest BCUT2D eigenvalue weighted by molar-refractivity contribution is 5.98. The summed E-state index contributed by atoms with van der Waals surface area (Å²) in [5, 5.41) is 10.3. The molecule has 0 aromatic heterocycles. The first-order chi connectivity index (χ1) is 10.6. The fourth-order valence-corrected chi connectivity index (χ4v) is 1.57. The first-order valence-corrected chi connectivity index (χ1v) is 7.34. The van der Waals surface area contributed by atoms with Crippen molar-refractivity contribution in [2.75, 3.05) is 17.7 Å². The number of amides is 4. The molecule has 0 saturated heterocycles. The number of carbonyl (C=O) groups excluding carboxylic acids is 3. The minimum absolute atomic E-state index is 0.0727. The van der Waals surface area contributed by atoms with Crippen molar-refractivity contribution in [1.82, 2.24) is 10.6 Å². The molecule has 1 atom stereocenters. The van der Waals surface area contributed by atoms with Gasteiger partial charge in [0.1, 0.15) is 6.04 Å². The number of carbonyl (C=O) groups is 3. The van der Waals surface area contributed by atoms with Crippen molar-refractivity contribution in [3.8, 4) is 0 Å². The standard InChI is InChI=1S/C16H24N4O3/c1-10(13(21)20-15(23)17-5)18-11-6-8-12(9-7-11)19-14(22)16(2,3)4/h6-10,18H,1-5H3,(H,19,22)(H2,17,20,21,23)/t10-/m1/s1. The van der Waals surface area contributed by atoms with Crippen LogP contribution >= 0.6 is 0 Å². The zero-order chi connectivity index (χ0) is 17.6. The molecular weight excluding hydrogens is 296 g/mol. The Balaban J connectivity index is 2.62. The molecule has 0 aliphatic rings. The van der Waals surface area contributed by atoms with Gasteiger partial charge in [-0.1, -0.05) is 20.8 Å². The Hall–Kier alpha value is -2.57. The number of hydrogen-bond donors (Lipinski definition) is 4. The molecule has 1 aromatic rings. The maximum absolute atomic E-state index is 11.9. The van der Waals surface area contributed by atoms with Crippen molar-refractivity contribution < 1.29 is 14.4 Å². The van der Waals surface area contributed by atoms with Gasteiger partial charge in [0.2, 0.25) is 11.8 Å². The molecule has 23 heavy (non-hydrogen) atoms. The summed E-state index contributed by atoms with van der Waals surface area (Å²) in [7, 11) is 1.44. The number of hydrogen-bond acceptors (Lipinski definition) is 4. The van der Waals surface area contributed by atoms with E-state index in [1.165, 1.54) is 7.05 Å². The zero-order valence-electron chi connectivity index (χ0n) is 14.1. The third kappa shape index (κ3) is 5.98. The maximum Gasteiger partial charge on any atom is 0.321 e. The van der Waals surface area contributed by atoms with E-state index in [-0.39, 0.29) is 5.91 Å². The van der Waals surface area contributed by atoms with Crippen LogP contribution in [0.5, 0.6) is 0 Å². The third-order valence-electron chi connectivity index (χ3n) is 3.06. The topological polar surface area (TPSA) is 99.3 Å². The van der Waals surface area contributed by atoms with Gasteiger partial charge in [0, 0.05) is 23.8 Å². The summed E-state index contributed by atoms with van der Waals surface area (Å²) >= 11 is 0. The highest BCUT2D eigenvalue weighted by atomic mass is 16.2. The van der Waals surface area contributed by atoms with E-state index in [2.05, 4.69) is 21.3 Å². The molecule has 0 radical (unpaired) electrons. The van der Waals surface area contributed by atoms with Crippen LogP contribution in [0.4, 0.5) is 16.2 Å². The van der Waals surface area contributed by atoms with E-state index in [1.54, 1.807) is 31.2 Å². The van der Waals surface area contributed by atoms with Crippen LogP contribution in [0, 0.1) is 5.41 Å². The lowest BCUT2D eigenvalue weighted by Gasteiger charge is -2.18. The SMILES string of the molecule is CNC(=O)NC(=O)[C@@H](C)Nc1ccc(NC(=O)C(C)(C)C)cc1. The van der Waals surface area contributed by atoms with E-state index in [0.29, 0.717) is 11.4 Å². The van der Waals surface area contributed by atoms with E-state index < -0.39 is 23.4 Å². The quantitative estimate of drug-likeness (QED) is 0.681. The Morgan fingerprint density at radius 2 is 1.52 bits per heavy atom. The Morgan fingerprint density at radius 1 is 1.00 bits per heavy atom. The van der Waals surface area contributed by atoms with Crippen molar-refractivity contribution in [3.05, 3.63) is 24.3 Å². The summed E-state index contributed by atoms with van der Waals surface area (Å²) in [4.78, 5) is 34.7. The van der Waals surface area contributed by atoms with Crippen molar-refractivity contribution in [2.45, 2.75) is 33.7 Å². The zero-order valence-corrected chi connectivity index (χ0v) is 14.1. The van der Waals surface area contributed by atoms with Crippen molar-refractivity contribution in [1.29, 1.82) is 0 Å². The van der Waals surface area contributed by atoms with E-state index in [0.717, 1.165) is 0 Å². The highest BCUT2D eigenvalue weighted by Gasteiger charge is 2.21. The van der Waals surface area contributed by atoms with Gasteiger partial charge in [-0.25, -0.2) is 4.79 Å². The molecule has 4 N–H and O–H groups in total. The van der Waals surface area contributed by atoms with Crippen molar-refractivity contribution in [3.63, 3.8) is 0 Å². The molecule has 0 aliphatic heterocycles. The molecule has 0 aliphatic carbocycles. The second kappa shape index (κ2) is 7.62. The van der Waals surface area contributed by atoms with Gasteiger partial charge < -0.3 is 16.0 Å². The molecule has 7 nitrogen and oxygen atoms in total. The van der Waals surface area contributed by atoms with E-state index in [1.807, 2.05) is 20.8 Å². The second-order valence-electron chi connectivity index (χ2n) is 6.22. The molecule has 0 fully saturated rings. The summed E-state index contributed by atoms with van der Waals surface area (Å²) in [6.07, 6.45) is 0. The molecule has 7 heteroatoms. The Bertz CT molecular complexity index is 576. The molecule has 0 bridgehead atoms. The summed E-state index contributed by atoms with van der Waals surface area (Å²) in [5.74, 6) is -0.508. The van der Waals surface area contributed by atoms with E-state index >= 15 is 0 Å². The largest absolute Gasteiger partial charge is 0.374 e. The predicted molar refractivity (Wildman–Crippen MR) is 90.2 cm³/mol. The van der Waals surface area contributed by atoms with Crippen LogP contribution in [-0.2, 0) is 9.59 Å². The minimum atomic E-state index is -0.581. The Labute approximate surface area is 136 Å². The van der Waals surface area contributed by atoms with E-state index in [9.17, 15) is 14.4 Å². The van der Waals surface area contributed by atoms with Gasteiger partial charge in [0.25, 0.3) is 0 Å². The molecule has 1 rings (SSSR count). The Morgan fingerprint density at radius 3 is 2.00 bits per heavy atom. The number of rotatable bonds is 4. The lowest BCUT2D eigenvalue weighted by Crippen LogP contribution is -2.44. The van der Waals surface area contributed by atoms with Gasteiger partial charge in [-0.05, 0) is 31.2 Å². The number of benzene rings is 1. The normalized spacial score (nSPS) is 12.0. The summed E-state index contributed by atoms with van der Waals surface area (Å²) in [5.41, 5.74) is 0.917. The lowest BCUT2D eigenvalue weighted by molar-refractivity contribution is -0.123. The monoisotopic (exact) mass is 320 g/mol. The Kier molecular flexibility index (Phi) is 6.12. The van der Waals surface area contributed by atoms with Crippen molar-refractivity contribution in [2.24, 2.45) is 5.41 Å². The molecule has 0 spiro atoms. The molecule has 4 amide bonds. The van der Waals surface area contributed by atoms with Crippen molar-refractivity contribution >= 4 is 29.2 Å². The molecule has 0 saturated carbocycles. The summed E-state index contributed by atoms with van der Waals surface area (Å²) < 4.78 is 0.